The van der Waals surface area contributed by atoms with E-state index >= 15 is 0 Å². The molecule has 1 amide bonds. The minimum absolute atomic E-state index is 0.131. The van der Waals surface area contributed by atoms with E-state index in [0.29, 0.717) is 30.1 Å². The first-order valence-corrected chi connectivity index (χ1v) is 9.41. The van der Waals surface area contributed by atoms with E-state index in [1.165, 1.54) is 6.07 Å². The average Bonchev–Trinajstić information content (AvgIpc) is 3.32. The van der Waals surface area contributed by atoms with Crippen LogP contribution in [0.25, 0.3) is 0 Å². The van der Waals surface area contributed by atoms with E-state index in [-0.39, 0.29) is 29.1 Å². The SMILES string of the molecule is N[C@@H]1CN(C(=O)C2(Cc3ccccc3Cl)CC2)C[C@H]1c1ccccc1F. The molecule has 1 saturated heterocycles. The van der Waals surface area contributed by atoms with Crippen LogP contribution in [0.2, 0.25) is 5.02 Å². The van der Waals surface area contributed by atoms with Gasteiger partial charge in [-0.3, -0.25) is 4.79 Å². The zero-order valence-electron chi connectivity index (χ0n) is 14.5. The molecule has 1 aliphatic carbocycles. The summed E-state index contributed by atoms with van der Waals surface area (Å²) in [6.07, 6.45) is 2.39. The van der Waals surface area contributed by atoms with E-state index in [1.807, 2.05) is 35.2 Å². The summed E-state index contributed by atoms with van der Waals surface area (Å²) in [6, 6.07) is 14.1. The molecule has 136 valence electrons. The van der Waals surface area contributed by atoms with Crippen molar-refractivity contribution in [2.75, 3.05) is 13.1 Å². The van der Waals surface area contributed by atoms with Crippen LogP contribution in [0.1, 0.15) is 29.9 Å². The molecule has 2 aliphatic rings. The van der Waals surface area contributed by atoms with Crippen molar-refractivity contribution in [2.24, 2.45) is 11.1 Å². The van der Waals surface area contributed by atoms with Crippen molar-refractivity contribution < 1.29 is 9.18 Å². The predicted molar refractivity (Wildman–Crippen MR) is 101 cm³/mol. The summed E-state index contributed by atoms with van der Waals surface area (Å²) in [7, 11) is 0. The van der Waals surface area contributed by atoms with Gasteiger partial charge < -0.3 is 10.6 Å². The summed E-state index contributed by atoms with van der Waals surface area (Å²) >= 11 is 6.28. The van der Waals surface area contributed by atoms with Crippen LogP contribution in [0.5, 0.6) is 0 Å². The molecule has 5 heteroatoms. The highest BCUT2D eigenvalue weighted by Gasteiger charge is 2.53. The lowest BCUT2D eigenvalue weighted by atomic mass is 9.94. The van der Waals surface area contributed by atoms with Gasteiger partial charge in [0.2, 0.25) is 5.91 Å². The molecule has 1 saturated carbocycles. The zero-order chi connectivity index (χ0) is 18.3. The number of likely N-dealkylation sites (tertiary alicyclic amines) is 1. The van der Waals surface area contributed by atoms with E-state index in [4.69, 9.17) is 17.3 Å². The van der Waals surface area contributed by atoms with Crippen LogP contribution in [-0.4, -0.2) is 29.9 Å². The Kier molecular flexibility index (Phi) is 4.49. The molecular weight excluding hydrogens is 351 g/mol. The number of nitrogens with zero attached hydrogens (tertiary/aromatic N) is 1. The summed E-state index contributed by atoms with van der Waals surface area (Å²) in [6.45, 7) is 0.952. The molecule has 0 radical (unpaired) electrons. The monoisotopic (exact) mass is 372 g/mol. The summed E-state index contributed by atoms with van der Waals surface area (Å²) in [5.41, 5.74) is 7.51. The molecule has 2 fully saturated rings. The van der Waals surface area contributed by atoms with Crippen molar-refractivity contribution in [3.05, 3.63) is 70.5 Å². The highest BCUT2D eigenvalue weighted by molar-refractivity contribution is 6.31. The molecule has 0 aromatic heterocycles. The Morgan fingerprint density at radius 3 is 2.54 bits per heavy atom. The van der Waals surface area contributed by atoms with Gasteiger partial charge in [0, 0.05) is 30.1 Å². The van der Waals surface area contributed by atoms with Crippen LogP contribution in [0, 0.1) is 11.2 Å². The van der Waals surface area contributed by atoms with Gasteiger partial charge in [0.05, 0.1) is 5.41 Å². The van der Waals surface area contributed by atoms with Crippen molar-refractivity contribution >= 4 is 17.5 Å². The Balaban J connectivity index is 1.51. The van der Waals surface area contributed by atoms with E-state index in [9.17, 15) is 9.18 Å². The number of nitrogens with two attached hydrogens (primary N) is 1. The number of carbonyl (C=O) groups is 1. The zero-order valence-corrected chi connectivity index (χ0v) is 15.3. The Bertz CT molecular complexity index is 836. The Hall–Kier alpha value is -1.91. The lowest BCUT2D eigenvalue weighted by Crippen LogP contribution is -2.38. The summed E-state index contributed by atoms with van der Waals surface area (Å²) < 4.78 is 14.1. The third-order valence-corrected chi connectivity index (χ3v) is 6.12. The largest absolute Gasteiger partial charge is 0.340 e. The van der Waals surface area contributed by atoms with Crippen molar-refractivity contribution in [3.8, 4) is 0 Å². The molecule has 2 aromatic rings. The van der Waals surface area contributed by atoms with Crippen molar-refractivity contribution in [2.45, 2.75) is 31.2 Å². The highest BCUT2D eigenvalue weighted by Crippen LogP contribution is 2.51. The van der Waals surface area contributed by atoms with Crippen LogP contribution in [-0.2, 0) is 11.2 Å². The number of amides is 1. The van der Waals surface area contributed by atoms with Crippen LogP contribution in [0.15, 0.2) is 48.5 Å². The Morgan fingerprint density at radius 1 is 1.15 bits per heavy atom. The minimum atomic E-state index is -0.366. The van der Waals surface area contributed by atoms with Gasteiger partial charge in [0.15, 0.2) is 0 Å². The van der Waals surface area contributed by atoms with E-state index in [0.717, 1.165) is 18.4 Å². The van der Waals surface area contributed by atoms with Gasteiger partial charge in [0.25, 0.3) is 0 Å². The fourth-order valence-corrected chi connectivity index (χ4v) is 4.26. The molecule has 0 unspecified atom stereocenters. The Morgan fingerprint density at radius 2 is 1.85 bits per heavy atom. The minimum Gasteiger partial charge on any atom is -0.340 e. The molecule has 2 aromatic carbocycles. The molecular formula is C21H22ClFN2O. The maximum Gasteiger partial charge on any atom is 0.229 e. The van der Waals surface area contributed by atoms with Crippen LogP contribution in [0.3, 0.4) is 0 Å². The van der Waals surface area contributed by atoms with Crippen LogP contribution in [0.4, 0.5) is 4.39 Å². The third kappa shape index (κ3) is 3.12. The van der Waals surface area contributed by atoms with Crippen molar-refractivity contribution in [1.29, 1.82) is 0 Å². The van der Waals surface area contributed by atoms with Gasteiger partial charge in [0.1, 0.15) is 5.82 Å². The third-order valence-electron chi connectivity index (χ3n) is 5.75. The molecule has 1 heterocycles. The number of halogens is 2. The molecule has 1 aliphatic heterocycles. The van der Waals surface area contributed by atoms with Gasteiger partial charge in [-0.2, -0.15) is 0 Å². The normalized spacial score (nSPS) is 23.9. The van der Waals surface area contributed by atoms with Gasteiger partial charge in [-0.05, 0) is 42.5 Å². The number of hydrogen-bond donors (Lipinski definition) is 1. The molecule has 2 N–H and O–H groups in total. The van der Waals surface area contributed by atoms with Crippen LogP contribution >= 0.6 is 11.6 Å². The van der Waals surface area contributed by atoms with Gasteiger partial charge in [-0.25, -0.2) is 4.39 Å². The topological polar surface area (TPSA) is 46.3 Å². The number of hydrogen-bond acceptors (Lipinski definition) is 2. The predicted octanol–water partition coefficient (Wildman–Crippen LogP) is 3.76. The fourth-order valence-electron chi connectivity index (χ4n) is 4.06. The standard InChI is InChI=1S/C21H22ClFN2O/c22-17-7-3-1-5-14(17)11-21(9-10-21)20(26)25-12-16(19(24)13-25)15-6-2-4-8-18(15)23/h1-8,16,19H,9-13,24H2/t16-,19+/m0/s1. The molecule has 0 spiro atoms. The second kappa shape index (κ2) is 6.67. The lowest BCUT2D eigenvalue weighted by molar-refractivity contribution is -0.136. The summed E-state index contributed by atoms with van der Waals surface area (Å²) in [5.74, 6) is -0.276. The van der Waals surface area contributed by atoms with Gasteiger partial charge in [-0.15, -0.1) is 0 Å². The average molecular weight is 373 g/mol. The smallest absolute Gasteiger partial charge is 0.229 e. The quantitative estimate of drug-likeness (QED) is 0.888. The molecule has 0 bridgehead atoms. The van der Waals surface area contributed by atoms with Gasteiger partial charge in [-0.1, -0.05) is 48.0 Å². The number of benzene rings is 2. The number of rotatable bonds is 4. The van der Waals surface area contributed by atoms with E-state index in [2.05, 4.69) is 0 Å². The highest BCUT2D eigenvalue weighted by atomic mass is 35.5. The molecule has 4 rings (SSSR count). The molecule has 26 heavy (non-hydrogen) atoms. The van der Waals surface area contributed by atoms with E-state index < -0.39 is 0 Å². The molecule has 2 atom stereocenters. The summed E-state index contributed by atoms with van der Waals surface area (Å²) in [5, 5.41) is 0.703. The fraction of sp³-hybridized carbons (Fsp3) is 0.381. The number of carbonyl (C=O) groups excluding carboxylic acids is 1. The maximum absolute atomic E-state index is 14.1. The molecule has 3 nitrogen and oxygen atoms in total. The second-order valence-electron chi connectivity index (χ2n) is 7.55. The van der Waals surface area contributed by atoms with Crippen molar-refractivity contribution in [1.82, 2.24) is 4.90 Å². The van der Waals surface area contributed by atoms with Crippen LogP contribution < -0.4 is 5.73 Å². The lowest BCUT2D eigenvalue weighted by Gasteiger charge is -2.23. The van der Waals surface area contributed by atoms with Crippen molar-refractivity contribution in [3.63, 3.8) is 0 Å². The van der Waals surface area contributed by atoms with E-state index in [1.54, 1.807) is 12.1 Å². The van der Waals surface area contributed by atoms with Gasteiger partial charge >= 0.3 is 0 Å². The maximum atomic E-state index is 14.1. The summed E-state index contributed by atoms with van der Waals surface area (Å²) in [4.78, 5) is 15.0. The second-order valence-corrected chi connectivity index (χ2v) is 7.96. The first-order valence-electron chi connectivity index (χ1n) is 9.03. The Labute approximate surface area is 157 Å². The first-order chi connectivity index (χ1) is 12.5. The first kappa shape index (κ1) is 17.5.